The topological polar surface area (TPSA) is 17.8 Å². The Bertz CT molecular complexity index is 436. The van der Waals surface area contributed by atoms with Crippen molar-refractivity contribution < 1.29 is 0 Å². The summed E-state index contributed by atoms with van der Waals surface area (Å²) < 4.78 is 3.31. The molecule has 0 fully saturated rings. The molecule has 3 heteroatoms. The van der Waals surface area contributed by atoms with Gasteiger partial charge in [0.15, 0.2) is 5.65 Å². The van der Waals surface area contributed by atoms with Gasteiger partial charge in [-0.25, -0.2) is 4.98 Å². The molecule has 2 nitrogen and oxygen atoms in total. The van der Waals surface area contributed by atoms with E-state index in [0.29, 0.717) is 0 Å². The van der Waals surface area contributed by atoms with Crippen LogP contribution >= 0.6 is 11.3 Å². The number of aromatic nitrogens is 2. The van der Waals surface area contributed by atoms with Gasteiger partial charge < -0.3 is 4.57 Å². The molecule has 0 saturated carbocycles. The second kappa shape index (κ2) is 2.45. The van der Waals surface area contributed by atoms with Crippen molar-refractivity contribution in [2.75, 3.05) is 0 Å². The molecule has 2 heterocycles. The van der Waals surface area contributed by atoms with E-state index >= 15 is 0 Å². The summed E-state index contributed by atoms with van der Waals surface area (Å²) >= 11 is 1.67. The first-order chi connectivity index (χ1) is 5.70. The van der Waals surface area contributed by atoms with Gasteiger partial charge in [0.25, 0.3) is 0 Å². The molecule has 2 aromatic heterocycles. The lowest BCUT2D eigenvalue weighted by molar-refractivity contribution is 0.931. The number of aryl methyl sites for hydroxylation is 1. The van der Waals surface area contributed by atoms with Gasteiger partial charge in [0.05, 0.1) is 10.2 Å². The predicted molar refractivity (Wildman–Crippen MR) is 53.3 cm³/mol. The number of hydrogen-bond donors (Lipinski definition) is 0. The zero-order valence-corrected chi connectivity index (χ0v) is 7.98. The molecule has 0 radical (unpaired) electrons. The quantitative estimate of drug-likeness (QED) is 0.656. The first kappa shape index (κ1) is 7.55. The van der Waals surface area contributed by atoms with Gasteiger partial charge in [-0.05, 0) is 18.6 Å². The molecule has 0 spiro atoms. The fourth-order valence-electron chi connectivity index (χ4n) is 1.34. The van der Waals surface area contributed by atoms with Gasteiger partial charge in [-0.3, -0.25) is 0 Å². The Kier molecular flexibility index (Phi) is 1.54. The fourth-order valence-corrected chi connectivity index (χ4v) is 2.09. The summed E-state index contributed by atoms with van der Waals surface area (Å²) in [5.41, 5.74) is 5.18. The molecule has 0 bridgehead atoms. The molecule has 0 N–H and O–H groups in total. The molecule has 12 heavy (non-hydrogen) atoms. The van der Waals surface area contributed by atoms with Crippen molar-refractivity contribution in [1.82, 2.24) is 9.55 Å². The third-order valence-electron chi connectivity index (χ3n) is 1.96. The van der Waals surface area contributed by atoms with E-state index in [9.17, 15) is 0 Å². The van der Waals surface area contributed by atoms with E-state index < -0.39 is 0 Å². The highest BCUT2D eigenvalue weighted by Crippen LogP contribution is 2.24. The van der Waals surface area contributed by atoms with Crippen molar-refractivity contribution in [3.63, 3.8) is 0 Å². The summed E-state index contributed by atoms with van der Waals surface area (Å²) in [5.74, 6) is 0. The van der Waals surface area contributed by atoms with Crippen molar-refractivity contribution in [3.8, 4) is 0 Å². The highest BCUT2D eigenvalue weighted by molar-refractivity contribution is 7.16. The van der Waals surface area contributed by atoms with E-state index in [1.807, 2.05) is 19.5 Å². The van der Waals surface area contributed by atoms with Gasteiger partial charge in [-0.1, -0.05) is 6.58 Å². The molecular weight excluding hydrogens is 168 g/mol. The standard InChI is InChI=1S/C9H10N2S/c1-6(2)7-4-8-9(11(7)3)10-5-12-8/h4-5H,1H2,2-3H3. The second-order valence-electron chi connectivity index (χ2n) is 2.91. The van der Waals surface area contributed by atoms with Crippen molar-refractivity contribution in [2.45, 2.75) is 6.92 Å². The minimum Gasteiger partial charge on any atom is -0.328 e. The van der Waals surface area contributed by atoms with Crippen LogP contribution in [0, 0.1) is 0 Å². The molecule has 0 amide bonds. The Morgan fingerprint density at radius 1 is 1.67 bits per heavy atom. The van der Waals surface area contributed by atoms with E-state index in [1.165, 1.54) is 10.4 Å². The van der Waals surface area contributed by atoms with Gasteiger partial charge >= 0.3 is 0 Å². The zero-order chi connectivity index (χ0) is 8.72. The molecule has 0 saturated heterocycles. The Labute approximate surface area is 75.2 Å². The smallest absolute Gasteiger partial charge is 0.151 e. The maximum atomic E-state index is 4.26. The molecule has 0 atom stereocenters. The van der Waals surface area contributed by atoms with Crippen LogP contribution in [0.4, 0.5) is 0 Å². The summed E-state index contributed by atoms with van der Waals surface area (Å²) in [6.45, 7) is 5.93. The molecule has 0 aromatic carbocycles. The molecule has 62 valence electrons. The van der Waals surface area contributed by atoms with E-state index in [-0.39, 0.29) is 0 Å². The van der Waals surface area contributed by atoms with Crippen LogP contribution in [0.2, 0.25) is 0 Å². The fraction of sp³-hybridized carbons (Fsp3) is 0.222. The van der Waals surface area contributed by atoms with Gasteiger partial charge in [0.2, 0.25) is 0 Å². The Balaban J connectivity index is 2.78. The normalized spacial score (nSPS) is 10.8. The van der Waals surface area contributed by atoms with E-state index in [1.54, 1.807) is 11.3 Å². The zero-order valence-electron chi connectivity index (χ0n) is 7.16. The second-order valence-corrected chi connectivity index (χ2v) is 3.80. The number of allylic oxidation sites excluding steroid dienone is 1. The lowest BCUT2D eigenvalue weighted by Gasteiger charge is -2.00. The SMILES string of the molecule is C=C(C)c1cc2scnc2n1C. The number of thiazole rings is 1. The summed E-state index contributed by atoms with van der Waals surface area (Å²) in [5, 5.41) is 0. The predicted octanol–water partition coefficient (Wildman–Crippen LogP) is 2.67. The molecular formula is C9H10N2S. The van der Waals surface area contributed by atoms with Crippen LogP contribution in [0.1, 0.15) is 12.6 Å². The first-order valence-corrected chi connectivity index (χ1v) is 4.63. The summed E-state index contributed by atoms with van der Waals surface area (Å²) in [7, 11) is 2.02. The minimum atomic E-state index is 1.05. The van der Waals surface area contributed by atoms with Crippen LogP contribution in [-0.2, 0) is 7.05 Å². The minimum absolute atomic E-state index is 1.05. The third kappa shape index (κ3) is 0.898. The summed E-state index contributed by atoms with van der Waals surface area (Å²) in [6, 6.07) is 2.13. The maximum Gasteiger partial charge on any atom is 0.151 e. The van der Waals surface area contributed by atoms with Crippen LogP contribution in [0.3, 0.4) is 0 Å². The van der Waals surface area contributed by atoms with Crippen LogP contribution in [0.5, 0.6) is 0 Å². The average Bonchev–Trinajstić information content (AvgIpc) is 2.53. The molecule has 2 aromatic rings. The summed E-state index contributed by atoms with van der Waals surface area (Å²) in [6.07, 6.45) is 0. The van der Waals surface area contributed by atoms with Gasteiger partial charge in [0.1, 0.15) is 0 Å². The van der Waals surface area contributed by atoms with Gasteiger partial charge in [-0.15, -0.1) is 11.3 Å². The lowest BCUT2D eigenvalue weighted by Crippen LogP contribution is -1.92. The van der Waals surface area contributed by atoms with E-state index in [2.05, 4.69) is 22.2 Å². The highest BCUT2D eigenvalue weighted by atomic mass is 32.1. The lowest BCUT2D eigenvalue weighted by atomic mass is 10.2. The number of nitrogens with zero attached hydrogens (tertiary/aromatic N) is 2. The van der Waals surface area contributed by atoms with Crippen LogP contribution in [-0.4, -0.2) is 9.55 Å². The Morgan fingerprint density at radius 2 is 2.42 bits per heavy atom. The maximum absolute atomic E-state index is 4.26. The number of hydrogen-bond acceptors (Lipinski definition) is 2. The van der Waals surface area contributed by atoms with E-state index in [0.717, 1.165) is 11.2 Å². The third-order valence-corrected chi connectivity index (χ3v) is 2.72. The summed E-state index contributed by atoms with van der Waals surface area (Å²) in [4.78, 5) is 4.26. The number of fused-ring (bicyclic) bond motifs is 1. The van der Waals surface area contributed by atoms with Crippen molar-refractivity contribution >= 4 is 27.3 Å². The molecule has 2 rings (SSSR count). The van der Waals surface area contributed by atoms with E-state index in [4.69, 9.17) is 0 Å². The molecule has 0 aliphatic rings. The number of rotatable bonds is 1. The van der Waals surface area contributed by atoms with Gasteiger partial charge in [0, 0.05) is 12.7 Å². The Morgan fingerprint density at radius 3 is 3.00 bits per heavy atom. The van der Waals surface area contributed by atoms with Crippen molar-refractivity contribution in [2.24, 2.45) is 7.05 Å². The average molecular weight is 178 g/mol. The highest BCUT2D eigenvalue weighted by Gasteiger charge is 2.07. The largest absolute Gasteiger partial charge is 0.328 e. The van der Waals surface area contributed by atoms with Crippen LogP contribution < -0.4 is 0 Å². The monoisotopic (exact) mass is 178 g/mol. The Hall–Kier alpha value is -1.09. The molecule has 0 unspecified atom stereocenters. The van der Waals surface area contributed by atoms with Crippen LogP contribution in [0.15, 0.2) is 18.2 Å². The molecule has 0 aliphatic heterocycles. The van der Waals surface area contributed by atoms with Crippen molar-refractivity contribution in [3.05, 3.63) is 23.8 Å². The van der Waals surface area contributed by atoms with Crippen molar-refractivity contribution in [1.29, 1.82) is 0 Å². The first-order valence-electron chi connectivity index (χ1n) is 3.75. The molecule has 0 aliphatic carbocycles. The van der Waals surface area contributed by atoms with Crippen LogP contribution in [0.25, 0.3) is 15.9 Å². The van der Waals surface area contributed by atoms with Gasteiger partial charge in [-0.2, -0.15) is 0 Å².